The van der Waals surface area contributed by atoms with Crippen molar-refractivity contribution in [2.24, 2.45) is 0 Å². The van der Waals surface area contributed by atoms with Crippen molar-refractivity contribution in [3.05, 3.63) is 77.5 Å². The third-order valence-electron chi connectivity index (χ3n) is 5.75. The van der Waals surface area contributed by atoms with Gasteiger partial charge < -0.3 is 19.8 Å². The minimum Gasteiger partial charge on any atom is -0.351 e. The maximum Gasteiger partial charge on any atom is 0.271 e. The topological polar surface area (TPSA) is 109 Å². The molecule has 0 radical (unpaired) electrons. The van der Waals surface area contributed by atoms with E-state index < -0.39 is 0 Å². The highest BCUT2D eigenvalue weighted by molar-refractivity contribution is 5.98. The molecule has 0 saturated heterocycles. The molecule has 0 aliphatic carbocycles. The zero-order valence-corrected chi connectivity index (χ0v) is 17.9. The number of imidazole rings is 1. The van der Waals surface area contributed by atoms with Crippen molar-refractivity contribution in [2.75, 3.05) is 6.54 Å². The Labute approximate surface area is 184 Å². The van der Waals surface area contributed by atoms with Crippen molar-refractivity contribution >= 4 is 22.7 Å². The van der Waals surface area contributed by atoms with Crippen molar-refractivity contribution in [3.63, 3.8) is 0 Å². The van der Waals surface area contributed by atoms with Crippen LogP contribution in [-0.4, -0.2) is 47.8 Å². The molecule has 9 nitrogen and oxygen atoms in total. The monoisotopic (exact) mass is 429 g/mol. The second-order valence-corrected chi connectivity index (χ2v) is 7.95. The molecule has 0 unspecified atom stereocenters. The van der Waals surface area contributed by atoms with Crippen LogP contribution in [0.25, 0.3) is 10.9 Å². The lowest BCUT2D eigenvalue weighted by atomic mass is 10.2. The summed E-state index contributed by atoms with van der Waals surface area (Å²) in [7, 11) is 0. The summed E-state index contributed by atoms with van der Waals surface area (Å²) in [5.74, 6) is 0.336. The molecule has 0 fully saturated rings. The van der Waals surface area contributed by atoms with Gasteiger partial charge in [-0.1, -0.05) is 18.2 Å². The van der Waals surface area contributed by atoms with Crippen LogP contribution in [0, 0.1) is 6.92 Å². The summed E-state index contributed by atoms with van der Waals surface area (Å²) >= 11 is 0. The Hall–Kier alpha value is -4.01. The fourth-order valence-corrected chi connectivity index (χ4v) is 3.99. The molecule has 32 heavy (non-hydrogen) atoms. The third-order valence-corrected chi connectivity index (χ3v) is 5.75. The number of amides is 2. The van der Waals surface area contributed by atoms with Crippen LogP contribution in [0.3, 0.4) is 0 Å². The molecule has 2 amide bonds. The number of aryl methyl sites for hydroxylation is 1. The lowest BCUT2D eigenvalue weighted by molar-refractivity contribution is 0.0632. The highest BCUT2D eigenvalue weighted by Gasteiger charge is 2.31. The van der Waals surface area contributed by atoms with E-state index in [4.69, 9.17) is 0 Å². The average Bonchev–Trinajstić information content (AvgIpc) is 3.43. The van der Waals surface area contributed by atoms with Gasteiger partial charge >= 0.3 is 0 Å². The Morgan fingerprint density at radius 1 is 1.19 bits per heavy atom. The maximum atomic E-state index is 13.2. The van der Waals surface area contributed by atoms with Crippen molar-refractivity contribution in [3.8, 4) is 0 Å². The van der Waals surface area contributed by atoms with Gasteiger partial charge in [0.15, 0.2) is 0 Å². The first-order valence-corrected chi connectivity index (χ1v) is 10.5. The van der Waals surface area contributed by atoms with Gasteiger partial charge in [0.25, 0.3) is 11.8 Å². The number of benzene rings is 1. The van der Waals surface area contributed by atoms with Gasteiger partial charge in [-0.15, -0.1) is 0 Å². The van der Waals surface area contributed by atoms with Gasteiger partial charge in [0.2, 0.25) is 0 Å². The number of H-pyrrole nitrogens is 1. The SMILES string of the molecule is Cc1cnc(CNC(=O)c2cn3c(n2)[C@@H](C)N(C(=O)c2cc4ccccc4[nH]2)CC3)cn1. The molecule has 5 rings (SSSR count). The predicted octanol–water partition coefficient (Wildman–Crippen LogP) is 2.61. The second-order valence-electron chi connectivity index (χ2n) is 7.95. The van der Waals surface area contributed by atoms with E-state index >= 15 is 0 Å². The molecule has 1 atom stereocenters. The minimum absolute atomic E-state index is 0.0769. The van der Waals surface area contributed by atoms with Gasteiger partial charge in [-0.25, -0.2) is 4.98 Å². The standard InChI is InChI=1S/C23H23N7O2/c1-14-10-25-17(11-24-14)12-26-22(31)20-13-29-7-8-30(15(2)21(29)28-20)23(32)19-9-16-5-3-4-6-18(16)27-19/h3-6,9-11,13,15,27H,7-8,12H2,1-2H3,(H,26,31)/t15-/m1/s1. The number of carbonyl (C=O) groups is 2. The van der Waals surface area contributed by atoms with E-state index in [-0.39, 0.29) is 24.4 Å². The average molecular weight is 429 g/mol. The Balaban J connectivity index is 1.31. The lowest BCUT2D eigenvalue weighted by Crippen LogP contribution is -2.41. The highest BCUT2D eigenvalue weighted by Crippen LogP contribution is 2.27. The van der Waals surface area contributed by atoms with E-state index in [0.717, 1.165) is 16.6 Å². The van der Waals surface area contributed by atoms with E-state index in [1.54, 1.807) is 23.5 Å². The molecule has 1 aromatic carbocycles. The summed E-state index contributed by atoms with van der Waals surface area (Å²) in [5, 5.41) is 3.83. The summed E-state index contributed by atoms with van der Waals surface area (Å²) < 4.78 is 1.94. The van der Waals surface area contributed by atoms with Gasteiger partial charge in [-0.3, -0.25) is 19.6 Å². The Bertz CT molecular complexity index is 1270. The molecule has 0 saturated carbocycles. The number of hydrogen-bond donors (Lipinski definition) is 2. The lowest BCUT2D eigenvalue weighted by Gasteiger charge is -2.33. The number of fused-ring (bicyclic) bond motifs is 2. The van der Waals surface area contributed by atoms with Crippen LogP contribution in [-0.2, 0) is 13.1 Å². The number of nitrogens with one attached hydrogen (secondary N) is 2. The molecule has 0 spiro atoms. The number of aromatic amines is 1. The summed E-state index contributed by atoms with van der Waals surface area (Å²) in [4.78, 5) is 43.8. The predicted molar refractivity (Wildman–Crippen MR) is 118 cm³/mol. The minimum atomic E-state index is -0.282. The largest absolute Gasteiger partial charge is 0.351 e. The number of aromatic nitrogens is 5. The van der Waals surface area contributed by atoms with Crippen molar-refractivity contribution in [1.29, 1.82) is 0 Å². The molecule has 9 heteroatoms. The molecule has 4 heterocycles. The number of para-hydroxylation sites is 1. The molecule has 4 aromatic rings. The molecule has 1 aliphatic heterocycles. The van der Waals surface area contributed by atoms with Crippen LogP contribution >= 0.6 is 0 Å². The molecule has 1 aliphatic rings. The Morgan fingerprint density at radius 3 is 2.81 bits per heavy atom. The quantitative estimate of drug-likeness (QED) is 0.518. The van der Waals surface area contributed by atoms with Crippen molar-refractivity contribution < 1.29 is 9.59 Å². The normalized spacial score (nSPS) is 15.6. The third kappa shape index (κ3) is 3.62. The smallest absolute Gasteiger partial charge is 0.271 e. The first-order valence-electron chi connectivity index (χ1n) is 10.5. The molecule has 3 aromatic heterocycles. The fraction of sp³-hybridized carbons (Fsp3) is 0.261. The fourth-order valence-electron chi connectivity index (χ4n) is 3.99. The number of rotatable bonds is 4. The Morgan fingerprint density at radius 2 is 2.03 bits per heavy atom. The summed E-state index contributed by atoms with van der Waals surface area (Å²) in [6, 6.07) is 9.42. The zero-order valence-electron chi connectivity index (χ0n) is 17.9. The zero-order chi connectivity index (χ0) is 22.2. The van der Waals surface area contributed by atoms with E-state index in [1.807, 2.05) is 48.7 Å². The van der Waals surface area contributed by atoms with E-state index in [9.17, 15) is 9.59 Å². The van der Waals surface area contributed by atoms with Crippen LogP contribution in [0.2, 0.25) is 0 Å². The van der Waals surface area contributed by atoms with Crippen molar-refractivity contribution in [2.45, 2.75) is 33.0 Å². The van der Waals surface area contributed by atoms with Gasteiger partial charge in [0, 0.05) is 36.4 Å². The molecular weight excluding hydrogens is 406 g/mol. The molecule has 162 valence electrons. The van der Waals surface area contributed by atoms with Gasteiger partial charge in [-0.05, 0) is 26.0 Å². The van der Waals surface area contributed by atoms with Gasteiger partial charge in [-0.2, -0.15) is 0 Å². The second kappa shape index (κ2) is 7.92. The summed E-state index contributed by atoms with van der Waals surface area (Å²) in [6.07, 6.45) is 5.05. The van der Waals surface area contributed by atoms with Crippen LogP contribution in [0.1, 0.15) is 51.2 Å². The summed E-state index contributed by atoms with van der Waals surface area (Å²) in [5.41, 5.74) is 3.31. The van der Waals surface area contributed by atoms with Crippen LogP contribution in [0.15, 0.2) is 48.9 Å². The van der Waals surface area contributed by atoms with Crippen LogP contribution < -0.4 is 5.32 Å². The van der Waals surface area contributed by atoms with E-state index in [2.05, 4.69) is 25.3 Å². The molecule has 0 bridgehead atoms. The molecular formula is C23H23N7O2. The van der Waals surface area contributed by atoms with E-state index in [1.165, 1.54) is 0 Å². The van der Waals surface area contributed by atoms with Crippen molar-refractivity contribution in [1.82, 2.24) is 34.7 Å². The Kier molecular flexibility index (Phi) is 4.93. The van der Waals surface area contributed by atoms with Gasteiger partial charge in [0.05, 0.1) is 30.2 Å². The first-order chi connectivity index (χ1) is 15.5. The summed E-state index contributed by atoms with van der Waals surface area (Å²) in [6.45, 7) is 5.18. The number of carbonyl (C=O) groups excluding carboxylic acids is 2. The van der Waals surface area contributed by atoms with Crippen LogP contribution in [0.5, 0.6) is 0 Å². The number of nitrogens with zero attached hydrogens (tertiary/aromatic N) is 5. The molecule has 2 N–H and O–H groups in total. The maximum absolute atomic E-state index is 13.2. The van der Waals surface area contributed by atoms with Crippen LogP contribution in [0.4, 0.5) is 0 Å². The van der Waals surface area contributed by atoms with E-state index in [0.29, 0.717) is 36.0 Å². The first kappa shape index (κ1) is 19.9. The number of hydrogen-bond acceptors (Lipinski definition) is 5. The van der Waals surface area contributed by atoms with Gasteiger partial charge in [0.1, 0.15) is 17.2 Å². The highest BCUT2D eigenvalue weighted by atomic mass is 16.2.